The quantitative estimate of drug-likeness (QED) is 0.241. The Balaban J connectivity index is 0.000000387. The van der Waals surface area contributed by atoms with E-state index in [9.17, 15) is 0 Å². The molecule has 0 radical (unpaired) electrons. The van der Waals surface area contributed by atoms with Crippen molar-refractivity contribution in [3.05, 3.63) is 0 Å². The number of nitrogens with zero attached hydrogens (tertiary/aromatic N) is 6. The summed E-state index contributed by atoms with van der Waals surface area (Å²) in [4.78, 5) is 15.6. The molecule has 4 fully saturated rings. The Bertz CT molecular complexity index is 926. The molecule has 58 heavy (non-hydrogen) atoms. The van der Waals surface area contributed by atoms with Crippen molar-refractivity contribution in [1.29, 1.82) is 0 Å². The second-order valence-corrected chi connectivity index (χ2v) is 26.9. The second-order valence-electron chi connectivity index (χ2n) is 26.9. The molecule has 4 saturated heterocycles. The number of rotatable bonds is 0. The minimum absolute atomic E-state index is 0.327. The molecule has 1 unspecified atom stereocenters. The van der Waals surface area contributed by atoms with Gasteiger partial charge in [0.25, 0.3) is 0 Å². The summed E-state index contributed by atoms with van der Waals surface area (Å²) in [6.07, 6.45) is 8.21. The maximum absolute atomic E-state index is 2.65. The molecule has 0 aromatic heterocycles. The molecule has 6 nitrogen and oxygen atoms in total. The van der Waals surface area contributed by atoms with E-state index in [1.165, 1.54) is 117 Å². The van der Waals surface area contributed by atoms with Crippen LogP contribution < -0.4 is 0 Å². The molecule has 0 aromatic rings. The molecule has 0 aliphatic carbocycles. The van der Waals surface area contributed by atoms with E-state index in [1.807, 2.05) is 0 Å². The first-order chi connectivity index (χ1) is 25.8. The van der Waals surface area contributed by atoms with Crippen molar-refractivity contribution in [3.63, 3.8) is 0 Å². The Labute approximate surface area is 367 Å². The van der Waals surface area contributed by atoms with Gasteiger partial charge in [0.15, 0.2) is 0 Å². The molecule has 0 N–H and O–H groups in total. The van der Waals surface area contributed by atoms with Gasteiger partial charge < -0.3 is 0 Å². The summed E-state index contributed by atoms with van der Waals surface area (Å²) in [5.41, 5.74) is 3.04. The molecule has 4 rings (SSSR count). The average Bonchev–Trinajstić information content (AvgIpc) is 3.47. The zero-order valence-electron chi connectivity index (χ0n) is 44.6. The minimum atomic E-state index is 0.327. The number of piperazine rings is 1. The summed E-state index contributed by atoms with van der Waals surface area (Å²) in [5, 5.41) is 0. The fourth-order valence-corrected chi connectivity index (χ4v) is 9.36. The first-order valence-corrected chi connectivity index (χ1v) is 24.3. The minimum Gasteiger partial charge on any atom is -0.298 e. The van der Waals surface area contributed by atoms with E-state index in [0.29, 0.717) is 44.1 Å². The molecule has 0 spiro atoms. The van der Waals surface area contributed by atoms with Crippen LogP contribution >= 0.6 is 0 Å². The van der Waals surface area contributed by atoms with Crippen LogP contribution in [0.1, 0.15) is 205 Å². The van der Waals surface area contributed by atoms with Gasteiger partial charge in [-0.15, -0.1) is 0 Å². The van der Waals surface area contributed by atoms with Gasteiger partial charge in [-0.2, -0.15) is 0 Å². The van der Waals surface area contributed by atoms with Gasteiger partial charge in [-0.25, -0.2) is 0 Å². The van der Waals surface area contributed by atoms with Gasteiger partial charge in [-0.1, -0.05) is 41.5 Å². The van der Waals surface area contributed by atoms with Gasteiger partial charge >= 0.3 is 0 Å². The topological polar surface area (TPSA) is 19.4 Å². The normalized spacial score (nSPS) is 23.7. The molecule has 4 heterocycles. The van der Waals surface area contributed by atoms with Gasteiger partial charge in [0.1, 0.15) is 0 Å². The molecule has 0 amide bonds. The van der Waals surface area contributed by atoms with Crippen molar-refractivity contribution in [1.82, 2.24) is 29.4 Å². The Morgan fingerprint density at radius 3 is 0.655 bits per heavy atom. The van der Waals surface area contributed by atoms with Gasteiger partial charge in [0.2, 0.25) is 0 Å². The van der Waals surface area contributed by atoms with Crippen molar-refractivity contribution < 1.29 is 0 Å². The lowest BCUT2D eigenvalue weighted by molar-refractivity contribution is 0.0211. The van der Waals surface area contributed by atoms with Crippen molar-refractivity contribution >= 4 is 0 Å². The van der Waals surface area contributed by atoms with Gasteiger partial charge in [0.05, 0.1) is 0 Å². The Morgan fingerprint density at radius 1 is 0.224 bits per heavy atom. The van der Waals surface area contributed by atoms with Crippen LogP contribution in [0.4, 0.5) is 0 Å². The van der Waals surface area contributed by atoms with Crippen LogP contribution in [0.5, 0.6) is 0 Å². The Morgan fingerprint density at radius 2 is 0.414 bits per heavy atom. The Hall–Kier alpha value is -0.240. The fourth-order valence-electron chi connectivity index (χ4n) is 9.36. The molecule has 348 valence electrons. The van der Waals surface area contributed by atoms with Crippen molar-refractivity contribution in [3.8, 4) is 0 Å². The molecule has 0 bridgehead atoms. The van der Waals surface area contributed by atoms with Crippen molar-refractivity contribution in [2.75, 3.05) is 78.5 Å². The standard InChI is InChI=1S/C14H29N.C13H28N2.C13H27N.C12H26N2/c1-13(2,3)12-8-7-10-15(11-9-12)14(4,5)6;1-12(2,3)14-8-7-9-15(11-10-14)13(4,5)6;1-12(2,3)11-7-9-14(10-8-11)13(4,5)6;1-11(2,3)13-7-9-14(10-8-13)12(4,5)6/h12H,7-11H2,1-6H3;7-11H2,1-6H3;11H,7-10H2,1-6H3;7-10H2,1-6H3. The lowest BCUT2D eigenvalue weighted by Crippen LogP contribution is -2.57. The first-order valence-electron chi connectivity index (χ1n) is 24.3. The van der Waals surface area contributed by atoms with E-state index in [-0.39, 0.29) is 0 Å². The molecular weight excluding hydrogens is 709 g/mol. The fraction of sp³-hybridized carbons (Fsp3) is 1.00. The highest BCUT2D eigenvalue weighted by molar-refractivity contribution is 4.89. The van der Waals surface area contributed by atoms with Crippen LogP contribution in [0.15, 0.2) is 0 Å². The Kier molecular flexibility index (Phi) is 21.1. The predicted octanol–water partition coefficient (Wildman–Crippen LogP) is 12.3. The van der Waals surface area contributed by atoms with E-state index in [2.05, 4.69) is 196 Å². The zero-order valence-corrected chi connectivity index (χ0v) is 44.6. The maximum Gasteiger partial charge on any atom is 0.0126 e. The van der Waals surface area contributed by atoms with Gasteiger partial charge in [0, 0.05) is 72.5 Å². The van der Waals surface area contributed by atoms with Crippen LogP contribution in [-0.2, 0) is 0 Å². The molecule has 6 heteroatoms. The maximum atomic E-state index is 2.65. The monoisotopic (exact) mass is 819 g/mol. The molecule has 1 atom stereocenters. The van der Waals surface area contributed by atoms with Crippen LogP contribution in [-0.4, -0.2) is 141 Å². The third-order valence-electron chi connectivity index (χ3n) is 14.1. The largest absolute Gasteiger partial charge is 0.298 e. The summed E-state index contributed by atoms with van der Waals surface area (Å²) in [6.45, 7) is 70.9. The highest BCUT2D eigenvalue weighted by atomic mass is 15.3. The van der Waals surface area contributed by atoms with E-state index in [4.69, 9.17) is 0 Å². The summed E-state index contributed by atoms with van der Waals surface area (Å²) >= 11 is 0. The van der Waals surface area contributed by atoms with E-state index < -0.39 is 0 Å². The number of likely N-dealkylation sites (tertiary alicyclic amines) is 2. The number of piperidine rings is 1. The molecule has 4 aliphatic rings. The summed E-state index contributed by atoms with van der Waals surface area (Å²) in [7, 11) is 0. The van der Waals surface area contributed by atoms with Crippen molar-refractivity contribution in [2.24, 2.45) is 22.7 Å². The highest BCUT2D eigenvalue weighted by Gasteiger charge is 2.34. The smallest absolute Gasteiger partial charge is 0.0126 e. The number of hydrogen-bond donors (Lipinski definition) is 0. The van der Waals surface area contributed by atoms with E-state index in [0.717, 1.165) is 11.8 Å². The third-order valence-corrected chi connectivity index (χ3v) is 14.1. The molecule has 0 saturated carbocycles. The first kappa shape index (κ1) is 55.8. The highest BCUT2D eigenvalue weighted by Crippen LogP contribution is 2.37. The summed E-state index contributed by atoms with van der Waals surface area (Å²) in [6, 6.07) is 0. The zero-order chi connectivity index (χ0) is 45.3. The van der Waals surface area contributed by atoms with Crippen molar-refractivity contribution in [2.45, 2.75) is 238 Å². The molecule has 4 aliphatic heterocycles. The van der Waals surface area contributed by atoms with Crippen LogP contribution in [0.25, 0.3) is 0 Å². The summed E-state index contributed by atoms with van der Waals surface area (Å²) < 4.78 is 0. The molecule has 0 aromatic carbocycles. The van der Waals surface area contributed by atoms with Crippen LogP contribution in [0.2, 0.25) is 0 Å². The molecular formula is C52H110N6. The van der Waals surface area contributed by atoms with E-state index >= 15 is 0 Å². The lowest BCUT2D eigenvalue weighted by atomic mass is 9.75. The van der Waals surface area contributed by atoms with Gasteiger partial charge in [-0.3, -0.25) is 29.4 Å². The average molecular weight is 819 g/mol. The van der Waals surface area contributed by atoms with E-state index in [1.54, 1.807) is 0 Å². The second kappa shape index (κ2) is 21.9. The van der Waals surface area contributed by atoms with Crippen LogP contribution in [0.3, 0.4) is 0 Å². The van der Waals surface area contributed by atoms with Gasteiger partial charge in [-0.05, 0) is 225 Å². The third kappa shape index (κ3) is 20.8. The predicted molar refractivity (Wildman–Crippen MR) is 262 cm³/mol. The van der Waals surface area contributed by atoms with Crippen LogP contribution in [0, 0.1) is 22.7 Å². The SMILES string of the molecule is CC(C)(C)C1CCCN(C(C)(C)C)CC1.CC(C)(C)C1CCN(C(C)(C)C)CC1.CC(C)(C)N1CCCN(C(C)(C)C)CC1.CC(C)(C)N1CCN(C(C)(C)C)CC1. The lowest BCUT2D eigenvalue weighted by Gasteiger charge is -2.46. The number of hydrogen-bond acceptors (Lipinski definition) is 6. The summed E-state index contributed by atoms with van der Waals surface area (Å²) in [5.74, 6) is 1.82.